The van der Waals surface area contributed by atoms with Crippen LogP contribution in [-0.2, 0) is 20.9 Å². The van der Waals surface area contributed by atoms with Gasteiger partial charge in [0.15, 0.2) is 6.10 Å². The van der Waals surface area contributed by atoms with Gasteiger partial charge in [-0.15, -0.1) is 5.10 Å². The van der Waals surface area contributed by atoms with Crippen molar-refractivity contribution in [1.82, 2.24) is 20.2 Å². The van der Waals surface area contributed by atoms with E-state index in [-0.39, 0.29) is 6.54 Å². The van der Waals surface area contributed by atoms with Crippen LogP contribution < -0.4 is 5.32 Å². The van der Waals surface area contributed by atoms with Crippen LogP contribution in [0.1, 0.15) is 6.92 Å². The third-order valence-corrected chi connectivity index (χ3v) is 3.11. The molecule has 0 saturated heterocycles. The summed E-state index contributed by atoms with van der Waals surface area (Å²) in [6, 6.07) is 4.64. The molecule has 1 atom stereocenters. The van der Waals surface area contributed by atoms with E-state index in [0.29, 0.717) is 15.7 Å². The molecule has 10 heteroatoms. The number of nitrogens with zero attached hydrogens (tertiary/aromatic N) is 4. The summed E-state index contributed by atoms with van der Waals surface area (Å²) in [6.07, 6.45) is 0.247. The highest BCUT2D eigenvalue weighted by Gasteiger charge is 2.19. The van der Waals surface area contributed by atoms with Gasteiger partial charge in [-0.1, -0.05) is 23.2 Å². The molecule has 1 N–H and O–H groups in total. The first kappa shape index (κ1) is 16.2. The summed E-state index contributed by atoms with van der Waals surface area (Å²) in [7, 11) is 0. The number of anilines is 1. The zero-order chi connectivity index (χ0) is 16.1. The third kappa shape index (κ3) is 4.40. The molecule has 1 heterocycles. The van der Waals surface area contributed by atoms with Gasteiger partial charge < -0.3 is 10.1 Å². The third-order valence-electron chi connectivity index (χ3n) is 2.55. The number of carbonyl (C=O) groups excluding carboxylic acids is 2. The van der Waals surface area contributed by atoms with Crippen molar-refractivity contribution in [2.45, 2.75) is 19.6 Å². The number of tetrazole rings is 1. The van der Waals surface area contributed by atoms with E-state index in [4.69, 9.17) is 27.9 Å². The molecule has 0 saturated carbocycles. The summed E-state index contributed by atoms with van der Waals surface area (Å²) in [5, 5.41) is 13.6. The van der Waals surface area contributed by atoms with Crippen LogP contribution in [0.3, 0.4) is 0 Å². The average molecular weight is 344 g/mol. The smallest absolute Gasteiger partial charge is 0.328 e. The van der Waals surface area contributed by atoms with Crippen molar-refractivity contribution in [3.8, 4) is 0 Å². The number of hydrogen-bond acceptors (Lipinski definition) is 6. The number of halogens is 2. The topological polar surface area (TPSA) is 99.0 Å². The van der Waals surface area contributed by atoms with Crippen LogP contribution in [-0.4, -0.2) is 38.2 Å². The van der Waals surface area contributed by atoms with Gasteiger partial charge >= 0.3 is 5.97 Å². The molecule has 0 aliphatic carbocycles. The predicted molar refractivity (Wildman–Crippen MR) is 78.5 cm³/mol. The van der Waals surface area contributed by atoms with E-state index in [2.05, 4.69) is 20.8 Å². The first-order valence-corrected chi connectivity index (χ1v) is 6.87. The van der Waals surface area contributed by atoms with E-state index in [1.165, 1.54) is 24.0 Å². The van der Waals surface area contributed by atoms with E-state index >= 15 is 0 Å². The number of benzene rings is 1. The minimum absolute atomic E-state index is 0.192. The molecule has 1 amide bonds. The Bertz CT molecular complexity index is 677. The van der Waals surface area contributed by atoms with Gasteiger partial charge in [-0.25, -0.2) is 4.68 Å². The Kier molecular flexibility index (Phi) is 5.29. The van der Waals surface area contributed by atoms with E-state index in [1.54, 1.807) is 12.1 Å². The molecule has 1 aromatic heterocycles. The fraction of sp³-hybridized carbons (Fsp3) is 0.250. The second-order valence-corrected chi connectivity index (χ2v) is 5.10. The molecule has 2 rings (SSSR count). The Morgan fingerprint density at radius 2 is 2.18 bits per heavy atom. The van der Waals surface area contributed by atoms with Crippen LogP contribution in [0, 0.1) is 0 Å². The summed E-state index contributed by atoms with van der Waals surface area (Å²) < 4.78 is 6.17. The van der Waals surface area contributed by atoms with Crippen LogP contribution >= 0.6 is 23.2 Å². The molecule has 2 aromatic rings. The maximum Gasteiger partial charge on any atom is 0.328 e. The van der Waals surface area contributed by atoms with Crippen LogP contribution in [0.15, 0.2) is 24.5 Å². The first-order chi connectivity index (χ1) is 10.5. The monoisotopic (exact) mass is 343 g/mol. The van der Waals surface area contributed by atoms with Crippen molar-refractivity contribution in [2.24, 2.45) is 0 Å². The number of nitrogens with one attached hydrogen (secondary N) is 1. The lowest BCUT2D eigenvalue weighted by molar-refractivity contribution is -0.153. The number of hydrogen-bond donors (Lipinski definition) is 1. The van der Waals surface area contributed by atoms with Gasteiger partial charge in [0.1, 0.15) is 12.9 Å². The molecule has 1 aromatic carbocycles. The summed E-state index contributed by atoms with van der Waals surface area (Å²) in [5.74, 6) is -1.18. The van der Waals surface area contributed by atoms with Gasteiger partial charge in [0, 0.05) is 5.02 Å². The molecule has 0 fully saturated rings. The molecule has 8 nitrogen and oxygen atoms in total. The fourth-order valence-corrected chi connectivity index (χ4v) is 1.84. The highest BCUT2D eigenvalue weighted by Crippen LogP contribution is 2.25. The molecular formula is C12H11Cl2N5O3. The Labute approximate surface area is 135 Å². The van der Waals surface area contributed by atoms with Crippen LogP contribution in [0.25, 0.3) is 0 Å². The van der Waals surface area contributed by atoms with Crippen molar-refractivity contribution in [3.05, 3.63) is 34.6 Å². The lowest BCUT2D eigenvalue weighted by atomic mass is 10.3. The van der Waals surface area contributed by atoms with E-state index < -0.39 is 18.0 Å². The van der Waals surface area contributed by atoms with Crippen molar-refractivity contribution in [3.63, 3.8) is 0 Å². The molecule has 0 radical (unpaired) electrons. The van der Waals surface area contributed by atoms with Gasteiger partial charge in [0.05, 0.1) is 10.7 Å². The minimum Gasteiger partial charge on any atom is -0.451 e. The van der Waals surface area contributed by atoms with Gasteiger partial charge in [0.25, 0.3) is 5.91 Å². The zero-order valence-corrected chi connectivity index (χ0v) is 12.9. The number of aromatic nitrogens is 4. The van der Waals surface area contributed by atoms with Crippen molar-refractivity contribution in [1.29, 1.82) is 0 Å². The number of rotatable bonds is 5. The van der Waals surface area contributed by atoms with Crippen LogP contribution in [0.4, 0.5) is 5.69 Å². The number of carbonyl (C=O) groups is 2. The Morgan fingerprint density at radius 3 is 2.86 bits per heavy atom. The molecular weight excluding hydrogens is 333 g/mol. The Hall–Kier alpha value is -2.19. The number of esters is 1. The van der Waals surface area contributed by atoms with Crippen molar-refractivity contribution < 1.29 is 14.3 Å². The second kappa shape index (κ2) is 7.19. The lowest BCUT2D eigenvalue weighted by Crippen LogP contribution is -2.31. The van der Waals surface area contributed by atoms with Gasteiger partial charge in [-0.2, -0.15) is 0 Å². The van der Waals surface area contributed by atoms with E-state index in [0.717, 1.165) is 0 Å². The number of amides is 1. The molecule has 116 valence electrons. The lowest BCUT2D eigenvalue weighted by Gasteiger charge is -2.14. The first-order valence-electron chi connectivity index (χ1n) is 6.12. The highest BCUT2D eigenvalue weighted by molar-refractivity contribution is 6.35. The highest BCUT2D eigenvalue weighted by atomic mass is 35.5. The minimum atomic E-state index is -1.01. The molecule has 0 aliphatic rings. The zero-order valence-electron chi connectivity index (χ0n) is 11.4. The molecule has 0 spiro atoms. The Morgan fingerprint density at radius 1 is 1.41 bits per heavy atom. The van der Waals surface area contributed by atoms with Crippen molar-refractivity contribution in [2.75, 3.05) is 5.32 Å². The predicted octanol–water partition coefficient (Wildman–Crippen LogP) is 1.55. The molecule has 0 aliphatic heterocycles. The molecule has 22 heavy (non-hydrogen) atoms. The van der Waals surface area contributed by atoms with Crippen LogP contribution in [0.5, 0.6) is 0 Å². The average Bonchev–Trinajstić information content (AvgIpc) is 2.95. The van der Waals surface area contributed by atoms with Crippen molar-refractivity contribution >= 4 is 40.8 Å². The summed E-state index contributed by atoms with van der Waals surface area (Å²) in [6.45, 7) is 1.24. The fourth-order valence-electron chi connectivity index (χ4n) is 1.50. The summed E-state index contributed by atoms with van der Waals surface area (Å²) in [4.78, 5) is 23.6. The maximum absolute atomic E-state index is 12.0. The molecule has 0 unspecified atom stereocenters. The van der Waals surface area contributed by atoms with Crippen LogP contribution in [0.2, 0.25) is 10.0 Å². The van der Waals surface area contributed by atoms with E-state index in [1.807, 2.05) is 0 Å². The normalized spacial score (nSPS) is 11.8. The molecule has 0 bridgehead atoms. The van der Waals surface area contributed by atoms with Gasteiger partial charge in [0.2, 0.25) is 0 Å². The SMILES string of the molecule is C[C@@H](OC(=O)Cn1cnnn1)C(=O)Nc1cc(Cl)ccc1Cl. The summed E-state index contributed by atoms with van der Waals surface area (Å²) >= 11 is 11.8. The van der Waals surface area contributed by atoms with Gasteiger partial charge in [-0.3, -0.25) is 9.59 Å². The second-order valence-electron chi connectivity index (χ2n) is 4.25. The maximum atomic E-state index is 12.0. The number of ether oxygens (including phenoxy) is 1. The van der Waals surface area contributed by atoms with Gasteiger partial charge in [-0.05, 0) is 35.5 Å². The standard InChI is InChI=1S/C12H11Cl2N5O3/c1-7(22-11(20)5-19-6-15-17-18-19)12(21)16-10-4-8(13)2-3-9(10)14/h2-4,6-7H,5H2,1H3,(H,16,21)/t7-/m1/s1. The Balaban J connectivity index is 1.91. The summed E-state index contributed by atoms with van der Waals surface area (Å²) in [5.41, 5.74) is 0.336. The quantitative estimate of drug-likeness (QED) is 0.827. The largest absolute Gasteiger partial charge is 0.451 e. The van der Waals surface area contributed by atoms with E-state index in [9.17, 15) is 9.59 Å².